The number of para-hydroxylation sites is 1. The van der Waals surface area contributed by atoms with Gasteiger partial charge in [-0.25, -0.2) is 4.98 Å². The van der Waals surface area contributed by atoms with Crippen molar-refractivity contribution in [3.8, 4) is 0 Å². The second-order valence-corrected chi connectivity index (χ2v) is 12.7. The number of piperidine rings is 1. The molecule has 2 fully saturated rings. The van der Waals surface area contributed by atoms with Crippen molar-refractivity contribution in [1.82, 2.24) is 30.4 Å². The summed E-state index contributed by atoms with van der Waals surface area (Å²) in [6.07, 6.45) is 6.15. The SMILES string of the molecule is O=C(Cn1c2ccccc2c2cccnc21)NC[C@H]1CC[C@H](CNC(=O)c2ccc3c(c2)CN(C2CCC(=O)NC2=O)C3=O)CC1. The molecule has 0 radical (unpaired) electrons. The van der Waals surface area contributed by atoms with Gasteiger partial charge in [-0.15, -0.1) is 0 Å². The largest absolute Gasteiger partial charge is 0.354 e. The Kier molecular flexibility index (Phi) is 7.98. The second-order valence-electron chi connectivity index (χ2n) is 12.7. The van der Waals surface area contributed by atoms with E-state index in [1.165, 1.54) is 4.90 Å². The summed E-state index contributed by atoms with van der Waals surface area (Å²) in [5, 5.41) is 10.6. The van der Waals surface area contributed by atoms with Gasteiger partial charge in [0.25, 0.3) is 11.8 Å². The fourth-order valence-electron chi connectivity index (χ4n) is 7.19. The summed E-state index contributed by atoms with van der Waals surface area (Å²) in [5.41, 5.74) is 3.48. The number of hydrogen-bond donors (Lipinski definition) is 3. The zero-order valence-corrected chi connectivity index (χ0v) is 25.5. The Morgan fingerprint density at radius 1 is 0.870 bits per heavy atom. The third-order valence-corrected chi connectivity index (χ3v) is 9.72. The number of rotatable bonds is 8. The van der Waals surface area contributed by atoms with Crippen LogP contribution in [-0.2, 0) is 27.5 Å². The maximum atomic E-state index is 13.0. The molecule has 11 heteroatoms. The zero-order valence-electron chi connectivity index (χ0n) is 25.5. The lowest BCUT2D eigenvalue weighted by molar-refractivity contribution is -0.137. The Balaban J connectivity index is 0.871. The van der Waals surface area contributed by atoms with E-state index in [0.29, 0.717) is 48.0 Å². The molecule has 2 aromatic heterocycles. The predicted molar refractivity (Wildman–Crippen MR) is 171 cm³/mol. The normalized spacial score (nSPS) is 21.3. The average molecular weight is 621 g/mol. The van der Waals surface area contributed by atoms with Crippen LogP contribution in [0.3, 0.4) is 0 Å². The van der Waals surface area contributed by atoms with Crippen molar-refractivity contribution in [2.75, 3.05) is 13.1 Å². The number of nitrogens with zero attached hydrogens (tertiary/aromatic N) is 3. The number of aromatic nitrogens is 2. The summed E-state index contributed by atoms with van der Waals surface area (Å²) < 4.78 is 1.98. The van der Waals surface area contributed by atoms with Crippen molar-refractivity contribution in [2.24, 2.45) is 11.8 Å². The van der Waals surface area contributed by atoms with Gasteiger partial charge in [0.1, 0.15) is 18.2 Å². The predicted octanol–water partition coefficient (Wildman–Crippen LogP) is 3.30. The first-order valence-electron chi connectivity index (χ1n) is 16.0. The Labute approximate surface area is 265 Å². The van der Waals surface area contributed by atoms with Crippen molar-refractivity contribution in [2.45, 2.75) is 57.7 Å². The van der Waals surface area contributed by atoms with Crippen LogP contribution < -0.4 is 16.0 Å². The molecule has 2 aromatic carbocycles. The van der Waals surface area contributed by atoms with E-state index in [-0.39, 0.29) is 43.1 Å². The smallest absolute Gasteiger partial charge is 0.255 e. The summed E-state index contributed by atoms with van der Waals surface area (Å²) >= 11 is 0. The lowest BCUT2D eigenvalue weighted by Crippen LogP contribution is -2.52. The summed E-state index contributed by atoms with van der Waals surface area (Å²) in [7, 11) is 0. The van der Waals surface area contributed by atoms with E-state index >= 15 is 0 Å². The molecule has 0 bridgehead atoms. The van der Waals surface area contributed by atoms with Gasteiger partial charge in [-0.1, -0.05) is 18.2 Å². The summed E-state index contributed by atoms with van der Waals surface area (Å²) in [4.78, 5) is 68.8. The average Bonchev–Trinajstić information content (AvgIpc) is 3.57. The molecule has 5 amide bonds. The van der Waals surface area contributed by atoms with Gasteiger partial charge in [0.15, 0.2) is 0 Å². The molecule has 46 heavy (non-hydrogen) atoms. The molecule has 1 saturated carbocycles. The molecule has 1 saturated heterocycles. The highest BCUT2D eigenvalue weighted by atomic mass is 16.2. The monoisotopic (exact) mass is 620 g/mol. The first-order valence-corrected chi connectivity index (χ1v) is 16.0. The number of benzene rings is 2. The number of nitrogens with one attached hydrogen (secondary N) is 3. The van der Waals surface area contributed by atoms with Gasteiger partial charge in [-0.2, -0.15) is 0 Å². The lowest BCUT2D eigenvalue weighted by atomic mass is 9.82. The minimum Gasteiger partial charge on any atom is -0.354 e. The van der Waals surface area contributed by atoms with Gasteiger partial charge in [-0.05, 0) is 85.9 Å². The first kappa shape index (κ1) is 29.6. The van der Waals surface area contributed by atoms with Crippen LogP contribution in [0.5, 0.6) is 0 Å². The van der Waals surface area contributed by atoms with Crippen LogP contribution in [0, 0.1) is 11.8 Å². The van der Waals surface area contributed by atoms with Crippen LogP contribution in [0.15, 0.2) is 60.8 Å². The third-order valence-electron chi connectivity index (χ3n) is 9.72. The highest BCUT2D eigenvalue weighted by molar-refractivity contribution is 6.07. The van der Waals surface area contributed by atoms with Gasteiger partial charge in [0, 0.05) is 54.2 Å². The van der Waals surface area contributed by atoms with E-state index in [2.05, 4.69) is 27.0 Å². The van der Waals surface area contributed by atoms with Crippen molar-refractivity contribution < 1.29 is 24.0 Å². The van der Waals surface area contributed by atoms with E-state index in [1.54, 1.807) is 24.4 Å². The van der Waals surface area contributed by atoms with Crippen LogP contribution in [-0.4, -0.2) is 63.1 Å². The fourth-order valence-corrected chi connectivity index (χ4v) is 7.19. The molecule has 1 unspecified atom stereocenters. The van der Waals surface area contributed by atoms with Gasteiger partial charge in [-0.3, -0.25) is 29.3 Å². The number of carbonyl (C=O) groups is 5. The number of imide groups is 1. The molecule has 1 aliphatic carbocycles. The van der Waals surface area contributed by atoms with Gasteiger partial charge in [0.2, 0.25) is 17.7 Å². The van der Waals surface area contributed by atoms with Crippen LogP contribution in [0.25, 0.3) is 21.9 Å². The fraction of sp³-hybridized carbons (Fsp3) is 0.371. The number of carbonyl (C=O) groups excluding carboxylic acids is 5. The van der Waals surface area contributed by atoms with E-state index in [1.807, 2.05) is 34.9 Å². The minimum atomic E-state index is -0.685. The molecule has 1 atom stereocenters. The molecular weight excluding hydrogens is 584 g/mol. The molecule has 2 aliphatic heterocycles. The molecule has 7 rings (SSSR count). The van der Waals surface area contributed by atoms with Crippen molar-refractivity contribution in [3.63, 3.8) is 0 Å². The zero-order chi connectivity index (χ0) is 31.8. The van der Waals surface area contributed by atoms with Gasteiger partial charge >= 0.3 is 0 Å². The van der Waals surface area contributed by atoms with Gasteiger partial charge < -0.3 is 20.1 Å². The van der Waals surface area contributed by atoms with E-state index in [9.17, 15) is 24.0 Å². The molecule has 3 N–H and O–H groups in total. The standard InChI is InChI=1S/C35H36N6O5/c42-30-14-13-29(34(45)39-30)41-19-24-16-23(11-12-25(24)35(41)46)33(44)38-18-22-9-7-21(8-10-22)17-37-31(43)20-40-28-6-2-1-4-26(28)27-5-3-15-36-32(27)40/h1-6,11-12,15-16,21-22,29H,7-10,13-14,17-20H2,(H,37,43)(H,38,44)(H,39,42,45)/t21-,22-,29?. The molecule has 0 spiro atoms. The maximum absolute atomic E-state index is 13.0. The van der Waals surface area contributed by atoms with Crippen LogP contribution in [0.1, 0.15) is 64.8 Å². The van der Waals surface area contributed by atoms with E-state index in [4.69, 9.17) is 0 Å². The summed E-state index contributed by atoms with van der Waals surface area (Å²) in [5.74, 6) is -0.499. The minimum absolute atomic E-state index is 0.0287. The molecular formula is C35H36N6O5. The summed E-state index contributed by atoms with van der Waals surface area (Å²) in [6.45, 7) is 1.65. The maximum Gasteiger partial charge on any atom is 0.255 e. The number of amides is 5. The van der Waals surface area contributed by atoms with E-state index in [0.717, 1.165) is 47.6 Å². The number of fused-ring (bicyclic) bond motifs is 4. The van der Waals surface area contributed by atoms with Crippen molar-refractivity contribution >= 4 is 51.5 Å². The van der Waals surface area contributed by atoms with Crippen LogP contribution in [0.2, 0.25) is 0 Å². The summed E-state index contributed by atoms with van der Waals surface area (Å²) in [6, 6.07) is 16.3. The Bertz CT molecular complexity index is 1820. The van der Waals surface area contributed by atoms with Crippen LogP contribution >= 0.6 is 0 Å². The molecule has 236 valence electrons. The Morgan fingerprint density at radius 2 is 1.61 bits per heavy atom. The highest BCUT2D eigenvalue weighted by Crippen LogP contribution is 2.30. The Hall–Kier alpha value is -5.06. The molecule has 3 aliphatic rings. The number of pyridine rings is 1. The topological polar surface area (TPSA) is 142 Å². The molecule has 4 heterocycles. The Morgan fingerprint density at radius 3 is 2.39 bits per heavy atom. The van der Waals surface area contributed by atoms with E-state index < -0.39 is 11.9 Å². The third kappa shape index (κ3) is 5.73. The highest BCUT2D eigenvalue weighted by Gasteiger charge is 2.39. The molecule has 4 aromatic rings. The van der Waals surface area contributed by atoms with Crippen molar-refractivity contribution in [1.29, 1.82) is 0 Å². The van der Waals surface area contributed by atoms with Crippen LogP contribution in [0.4, 0.5) is 0 Å². The number of hydrogen-bond acceptors (Lipinski definition) is 6. The molecule has 11 nitrogen and oxygen atoms in total. The van der Waals surface area contributed by atoms with Crippen molar-refractivity contribution in [3.05, 3.63) is 77.5 Å². The lowest BCUT2D eigenvalue weighted by Gasteiger charge is -2.29. The van der Waals surface area contributed by atoms with Gasteiger partial charge in [0.05, 0.1) is 5.52 Å². The first-order chi connectivity index (χ1) is 22.4. The quantitative estimate of drug-likeness (QED) is 0.258. The second kappa shape index (κ2) is 12.4.